The second-order valence-electron chi connectivity index (χ2n) is 9.26. The fourth-order valence-electron chi connectivity index (χ4n) is 3.68. The summed E-state index contributed by atoms with van der Waals surface area (Å²) in [6.45, 7) is 6.79. The summed E-state index contributed by atoms with van der Waals surface area (Å²) < 4.78 is 34.4. The van der Waals surface area contributed by atoms with Crippen LogP contribution in [0.3, 0.4) is 0 Å². The van der Waals surface area contributed by atoms with E-state index in [0.29, 0.717) is 9.99 Å². The number of amides is 1. The SMILES string of the molecule is Cc1cc(Br)c2ncn(N(C(=O)OC(C)(C)C)c3cc(Cl)ccc3S(=O)(=O)c3ccccc3)c(=O)c2c1. The largest absolute Gasteiger partial charge is 0.442 e. The molecule has 37 heavy (non-hydrogen) atoms. The third kappa shape index (κ3) is 5.41. The zero-order valence-electron chi connectivity index (χ0n) is 20.4. The highest BCUT2D eigenvalue weighted by atomic mass is 79.9. The number of anilines is 1. The molecule has 0 atom stereocenters. The standard InChI is InChI=1S/C26H23BrClN3O5S/c1-16-12-19-23(20(27)13-16)29-15-30(24(19)32)31(25(33)36-26(2,3)4)21-14-17(28)10-11-22(21)37(34,35)18-8-6-5-7-9-18/h5-15H,1-4H3. The molecule has 0 fully saturated rings. The Hall–Kier alpha value is -3.21. The Morgan fingerprint density at radius 2 is 1.76 bits per heavy atom. The fraction of sp³-hybridized carbons (Fsp3) is 0.192. The number of halogens is 2. The molecule has 11 heteroatoms. The number of carbonyl (C=O) groups excluding carboxylic acids is 1. The summed E-state index contributed by atoms with van der Waals surface area (Å²) >= 11 is 9.69. The number of hydrogen-bond donors (Lipinski definition) is 0. The van der Waals surface area contributed by atoms with Gasteiger partial charge in [-0.15, -0.1) is 0 Å². The molecule has 0 aliphatic rings. The maximum Gasteiger partial charge on any atom is 0.434 e. The quantitative estimate of drug-likeness (QED) is 0.277. The second kappa shape index (κ2) is 9.92. The van der Waals surface area contributed by atoms with Crippen LogP contribution in [0, 0.1) is 6.92 Å². The number of benzene rings is 3. The molecule has 0 aliphatic carbocycles. The van der Waals surface area contributed by atoms with Crippen molar-refractivity contribution in [2.24, 2.45) is 0 Å². The summed E-state index contributed by atoms with van der Waals surface area (Å²) in [6.07, 6.45) is 0.156. The number of aryl methyl sites for hydroxylation is 1. The lowest BCUT2D eigenvalue weighted by Gasteiger charge is -2.29. The van der Waals surface area contributed by atoms with Crippen molar-refractivity contribution in [3.63, 3.8) is 0 Å². The Morgan fingerprint density at radius 3 is 2.41 bits per heavy atom. The Bertz CT molecular complexity index is 1680. The van der Waals surface area contributed by atoms with E-state index in [1.54, 1.807) is 45.0 Å². The molecule has 0 spiro atoms. The molecule has 4 rings (SSSR count). The number of fused-ring (bicyclic) bond motifs is 1. The summed E-state index contributed by atoms with van der Waals surface area (Å²) in [5, 5.41) is 1.21. The van der Waals surface area contributed by atoms with E-state index in [2.05, 4.69) is 20.9 Å². The van der Waals surface area contributed by atoms with Crippen LogP contribution in [0.15, 0.2) is 86.0 Å². The summed E-state index contributed by atoms with van der Waals surface area (Å²) in [4.78, 5) is 31.4. The highest BCUT2D eigenvalue weighted by Crippen LogP contribution is 2.34. The second-order valence-corrected chi connectivity index (χ2v) is 12.5. The van der Waals surface area contributed by atoms with E-state index in [9.17, 15) is 18.0 Å². The predicted octanol–water partition coefficient (Wildman–Crippen LogP) is 6.16. The van der Waals surface area contributed by atoms with E-state index in [0.717, 1.165) is 21.6 Å². The van der Waals surface area contributed by atoms with Gasteiger partial charge >= 0.3 is 6.09 Å². The minimum absolute atomic E-state index is 0.00579. The van der Waals surface area contributed by atoms with Crippen LogP contribution in [-0.4, -0.2) is 29.8 Å². The summed E-state index contributed by atoms with van der Waals surface area (Å²) in [7, 11) is -4.14. The van der Waals surface area contributed by atoms with Crippen LogP contribution >= 0.6 is 27.5 Å². The molecule has 0 saturated carbocycles. The number of rotatable bonds is 4. The first-order valence-electron chi connectivity index (χ1n) is 11.1. The molecule has 0 unspecified atom stereocenters. The smallest absolute Gasteiger partial charge is 0.434 e. The Morgan fingerprint density at radius 1 is 1.08 bits per heavy atom. The number of hydrogen-bond acceptors (Lipinski definition) is 6. The molecular formula is C26H23BrClN3O5S. The molecule has 1 amide bonds. The summed E-state index contributed by atoms with van der Waals surface area (Å²) in [6, 6.07) is 15.2. The van der Waals surface area contributed by atoms with Crippen molar-refractivity contribution in [3.8, 4) is 0 Å². The van der Waals surface area contributed by atoms with Crippen molar-refractivity contribution >= 4 is 60.1 Å². The average molecular weight is 605 g/mol. The molecule has 1 heterocycles. The van der Waals surface area contributed by atoms with Gasteiger partial charge in [-0.05, 0) is 91.7 Å². The van der Waals surface area contributed by atoms with Crippen molar-refractivity contribution in [1.82, 2.24) is 9.66 Å². The monoisotopic (exact) mass is 603 g/mol. The molecule has 192 valence electrons. The number of ether oxygens (including phenoxy) is 1. The first-order valence-corrected chi connectivity index (χ1v) is 13.8. The van der Waals surface area contributed by atoms with Gasteiger partial charge in [0, 0.05) is 9.50 Å². The van der Waals surface area contributed by atoms with Gasteiger partial charge in [0.25, 0.3) is 5.56 Å². The zero-order chi connectivity index (χ0) is 27.1. The topological polar surface area (TPSA) is 98.6 Å². The van der Waals surface area contributed by atoms with E-state index in [1.165, 1.54) is 30.3 Å². The molecule has 0 N–H and O–H groups in total. The Labute approximate surface area is 227 Å². The van der Waals surface area contributed by atoms with Gasteiger partial charge in [0.2, 0.25) is 9.84 Å². The summed E-state index contributed by atoms with van der Waals surface area (Å²) in [5.41, 5.74) is -0.558. The van der Waals surface area contributed by atoms with Gasteiger partial charge in [-0.25, -0.2) is 18.2 Å². The van der Waals surface area contributed by atoms with Crippen LogP contribution in [0.2, 0.25) is 5.02 Å². The van der Waals surface area contributed by atoms with Gasteiger partial charge in [0.15, 0.2) is 0 Å². The van der Waals surface area contributed by atoms with Gasteiger partial charge in [-0.1, -0.05) is 29.8 Å². The lowest BCUT2D eigenvalue weighted by Crippen LogP contribution is -2.46. The predicted molar refractivity (Wildman–Crippen MR) is 146 cm³/mol. The highest BCUT2D eigenvalue weighted by Gasteiger charge is 2.32. The van der Waals surface area contributed by atoms with E-state index < -0.39 is 27.1 Å². The molecule has 4 aromatic rings. The molecule has 1 aromatic heterocycles. The van der Waals surface area contributed by atoms with Crippen LogP contribution in [-0.2, 0) is 14.6 Å². The minimum Gasteiger partial charge on any atom is -0.442 e. The van der Waals surface area contributed by atoms with Crippen molar-refractivity contribution < 1.29 is 17.9 Å². The maximum absolute atomic E-state index is 13.7. The molecule has 8 nitrogen and oxygen atoms in total. The van der Waals surface area contributed by atoms with E-state index in [-0.39, 0.29) is 25.9 Å². The molecule has 0 saturated heterocycles. The molecule has 3 aromatic carbocycles. The van der Waals surface area contributed by atoms with Crippen LogP contribution in [0.1, 0.15) is 26.3 Å². The van der Waals surface area contributed by atoms with E-state index >= 15 is 0 Å². The van der Waals surface area contributed by atoms with Crippen LogP contribution in [0.4, 0.5) is 10.5 Å². The van der Waals surface area contributed by atoms with Gasteiger partial charge in [0.05, 0.1) is 26.4 Å². The first-order chi connectivity index (χ1) is 17.3. The van der Waals surface area contributed by atoms with Crippen LogP contribution in [0.25, 0.3) is 10.9 Å². The molecule has 0 radical (unpaired) electrons. The highest BCUT2D eigenvalue weighted by molar-refractivity contribution is 9.10. The fourth-order valence-corrected chi connectivity index (χ4v) is 5.96. The van der Waals surface area contributed by atoms with Crippen molar-refractivity contribution in [2.75, 3.05) is 5.01 Å². The lowest BCUT2D eigenvalue weighted by atomic mass is 10.2. The third-order valence-corrected chi connectivity index (χ3v) is 7.87. The van der Waals surface area contributed by atoms with Crippen molar-refractivity contribution in [2.45, 2.75) is 43.1 Å². The van der Waals surface area contributed by atoms with Crippen molar-refractivity contribution in [1.29, 1.82) is 0 Å². The first kappa shape index (κ1) is 26.8. The number of nitrogens with zero attached hydrogens (tertiary/aromatic N) is 3. The minimum atomic E-state index is -4.14. The van der Waals surface area contributed by atoms with E-state index in [1.807, 2.05) is 13.0 Å². The molecular weight excluding hydrogens is 582 g/mol. The number of sulfone groups is 1. The van der Waals surface area contributed by atoms with Crippen molar-refractivity contribution in [3.05, 3.63) is 92.4 Å². The van der Waals surface area contributed by atoms with Gasteiger partial charge in [-0.3, -0.25) is 4.79 Å². The molecule has 0 aliphatic heterocycles. The Balaban J connectivity index is 2.05. The Kier molecular flexibility index (Phi) is 7.20. The zero-order valence-corrected chi connectivity index (χ0v) is 23.6. The van der Waals surface area contributed by atoms with Gasteiger partial charge < -0.3 is 4.74 Å². The van der Waals surface area contributed by atoms with Crippen LogP contribution < -0.4 is 10.6 Å². The van der Waals surface area contributed by atoms with E-state index in [4.69, 9.17) is 16.3 Å². The van der Waals surface area contributed by atoms with Gasteiger partial charge in [0.1, 0.15) is 11.9 Å². The average Bonchev–Trinajstić information content (AvgIpc) is 2.80. The van der Waals surface area contributed by atoms with Gasteiger partial charge in [-0.2, -0.15) is 9.69 Å². The normalized spacial score (nSPS) is 11.9. The number of aromatic nitrogens is 2. The van der Waals surface area contributed by atoms with Crippen LogP contribution in [0.5, 0.6) is 0 Å². The number of carbonyl (C=O) groups is 1. The summed E-state index contributed by atoms with van der Waals surface area (Å²) in [5.74, 6) is 0. The maximum atomic E-state index is 13.7. The third-order valence-electron chi connectivity index (χ3n) is 5.22. The molecule has 0 bridgehead atoms. The lowest BCUT2D eigenvalue weighted by molar-refractivity contribution is 0.0561.